The average Bonchev–Trinajstić information content (AvgIpc) is 2.62. The van der Waals surface area contributed by atoms with Crippen molar-refractivity contribution in [1.29, 1.82) is 0 Å². The van der Waals surface area contributed by atoms with Crippen molar-refractivity contribution in [3.63, 3.8) is 0 Å². The van der Waals surface area contributed by atoms with Crippen molar-refractivity contribution in [2.45, 2.75) is 11.8 Å². The average molecular weight is 364 g/mol. The van der Waals surface area contributed by atoms with Gasteiger partial charge in [0.25, 0.3) is 0 Å². The summed E-state index contributed by atoms with van der Waals surface area (Å²) in [4.78, 5) is 2.48. The molecule has 7 heteroatoms. The fourth-order valence-corrected chi connectivity index (χ4v) is 3.93. The number of benzene rings is 2. The van der Waals surface area contributed by atoms with E-state index in [1.165, 1.54) is 0 Å². The molecule has 0 unspecified atom stereocenters. The quantitative estimate of drug-likeness (QED) is 0.812. The lowest BCUT2D eigenvalue weighted by Crippen LogP contribution is -2.41. The van der Waals surface area contributed by atoms with Crippen molar-refractivity contribution in [3.05, 3.63) is 36.4 Å². The van der Waals surface area contributed by atoms with Crippen molar-refractivity contribution >= 4 is 20.8 Å². The highest BCUT2D eigenvalue weighted by atomic mass is 32.2. The number of rotatable bonds is 7. The number of sulfonamides is 1. The van der Waals surface area contributed by atoms with Crippen molar-refractivity contribution in [1.82, 2.24) is 9.62 Å². The predicted molar refractivity (Wildman–Crippen MR) is 97.6 cm³/mol. The van der Waals surface area contributed by atoms with Crippen LogP contribution in [-0.4, -0.2) is 59.3 Å². The molecule has 0 aromatic heterocycles. The van der Waals surface area contributed by atoms with Crippen LogP contribution in [-0.2, 0) is 14.8 Å². The molecule has 25 heavy (non-hydrogen) atoms. The molecule has 3 rings (SSSR count). The van der Waals surface area contributed by atoms with Crippen molar-refractivity contribution in [3.8, 4) is 5.75 Å². The molecule has 1 heterocycles. The van der Waals surface area contributed by atoms with Crippen molar-refractivity contribution < 1.29 is 17.9 Å². The van der Waals surface area contributed by atoms with Gasteiger partial charge in [-0.1, -0.05) is 12.1 Å². The van der Waals surface area contributed by atoms with Gasteiger partial charge in [0.05, 0.1) is 24.7 Å². The van der Waals surface area contributed by atoms with Crippen LogP contribution in [0.25, 0.3) is 10.8 Å². The Labute approximate surface area is 148 Å². The summed E-state index contributed by atoms with van der Waals surface area (Å²) in [5.74, 6) is 0.786. The molecule has 1 fully saturated rings. The molecule has 0 spiro atoms. The van der Waals surface area contributed by atoms with Crippen LogP contribution in [0.1, 0.15) is 6.92 Å². The van der Waals surface area contributed by atoms with E-state index in [9.17, 15) is 8.42 Å². The van der Waals surface area contributed by atoms with Gasteiger partial charge in [0, 0.05) is 26.2 Å². The molecule has 1 N–H and O–H groups in total. The molecule has 1 aliphatic rings. The summed E-state index contributed by atoms with van der Waals surface area (Å²) in [5, 5.41) is 1.83. The van der Waals surface area contributed by atoms with E-state index in [1.54, 1.807) is 12.1 Å². The molecule has 0 saturated carbocycles. The minimum absolute atomic E-state index is 0.283. The summed E-state index contributed by atoms with van der Waals surface area (Å²) in [7, 11) is -3.51. The summed E-state index contributed by atoms with van der Waals surface area (Å²) >= 11 is 0. The third-order valence-electron chi connectivity index (χ3n) is 4.23. The van der Waals surface area contributed by atoms with Gasteiger partial charge in [-0.25, -0.2) is 13.1 Å². The molecule has 2 aromatic rings. The third-order valence-corrected chi connectivity index (χ3v) is 5.69. The van der Waals surface area contributed by atoms with Gasteiger partial charge >= 0.3 is 0 Å². The number of hydrogen-bond acceptors (Lipinski definition) is 5. The third kappa shape index (κ3) is 4.70. The topological polar surface area (TPSA) is 67.9 Å². The summed E-state index contributed by atoms with van der Waals surface area (Å²) in [6.07, 6.45) is 0. The Bertz CT molecular complexity index is 817. The van der Waals surface area contributed by atoms with Crippen LogP contribution in [0.15, 0.2) is 41.3 Å². The van der Waals surface area contributed by atoms with Gasteiger partial charge in [-0.05, 0) is 42.0 Å². The van der Waals surface area contributed by atoms with Crippen LogP contribution in [0.3, 0.4) is 0 Å². The van der Waals surface area contributed by atoms with E-state index in [0.29, 0.717) is 32.9 Å². The first-order valence-corrected chi connectivity index (χ1v) is 10.0. The molecule has 136 valence electrons. The van der Waals surface area contributed by atoms with Gasteiger partial charge in [-0.2, -0.15) is 0 Å². The van der Waals surface area contributed by atoms with Crippen LogP contribution < -0.4 is 9.46 Å². The fourth-order valence-electron chi connectivity index (χ4n) is 2.87. The fraction of sp³-hybridized carbons (Fsp3) is 0.444. The smallest absolute Gasteiger partial charge is 0.240 e. The molecule has 0 amide bonds. The van der Waals surface area contributed by atoms with E-state index in [2.05, 4.69) is 9.62 Å². The Balaban J connectivity index is 1.67. The predicted octanol–water partition coefficient (Wildman–Crippen LogP) is 1.85. The van der Waals surface area contributed by atoms with E-state index < -0.39 is 10.0 Å². The highest BCUT2D eigenvalue weighted by Crippen LogP contribution is 2.23. The summed E-state index contributed by atoms with van der Waals surface area (Å²) < 4.78 is 38.5. The standard InChI is InChI=1S/C18H24N2O4S/c1-2-24-17-5-3-16-14-18(6-4-15(16)13-17)25(21,22)19-7-8-20-9-11-23-12-10-20/h3-6,13-14,19H,2,7-12H2,1H3. The normalized spacial score (nSPS) is 16.2. The molecule has 6 nitrogen and oxygen atoms in total. The lowest BCUT2D eigenvalue weighted by atomic mass is 10.1. The molecule has 0 atom stereocenters. The number of ether oxygens (including phenoxy) is 2. The van der Waals surface area contributed by atoms with Crippen molar-refractivity contribution in [2.75, 3.05) is 46.0 Å². The van der Waals surface area contributed by atoms with E-state index >= 15 is 0 Å². The Morgan fingerprint density at radius 1 is 1.12 bits per heavy atom. The minimum atomic E-state index is -3.51. The second kappa shape index (κ2) is 8.14. The summed E-state index contributed by atoms with van der Waals surface area (Å²) in [6, 6.07) is 10.8. The number of fused-ring (bicyclic) bond motifs is 1. The first kappa shape index (κ1) is 18.1. The van der Waals surface area contributed by atoms with E-state index in [-0.39, 0.29) is 4.90 Å². The Morgan fingerprint density at radius 2 is 1.84 bits per heavy atom. The molecular weight excluding hydrogens is 340 g/mol. The first-order valence-electron chi connectivity index (χ1n) is 8.55. The van der Waals surface area contributed by atoms with Crippen molar-refractivity contribution in [2.24, 2.45) is 0 Å². The minimum Gasteiger partial charge on any atom is -0.494 e. The van der Waals surface area contributed by atoms with Crippen LogP contribution in [0, 0.1) is 0 Å². The maximum atomic E-state index is 12.5. The Morgan fingerprint density at radius 3 is 2.60 bits per heavy atom. The summed E-state index contributed by atoms with van der Waals surface area (Å²) in [6.45, 7) is 6.73. The van der Waals surface area contributed by atoms with Crippen LogP contribution >= 0.6 is 0 Å². The van der Waals surface area contributed by atoms with Gasteiger partial charge < -0.3 is 9.47 Å². The zero-order valence-electron chi connectivity index (χ0n) is 14.4. The van der Waals surface area contributed by atoms with E-state index in [0.717, 1.165) is 29.6 Å². The molecule has 0 radical (unpaired) electrons. The molecule has 1 saturated heterocycles. The molecular formula is C18H24N2O4S. The zero-order chi connectivity index (χ0) is 17.7. The molecule has 0 aliphatic carbocycles. The number of nitrogens with zero attached hydrogens (tertiary/aromatic N) is 1. The zero-order valence-corrected chi connectivity index (χ0v) is 15.2. The van der Waals surface area contributed by atoms with Crippen LogP contribution in [0.5, 0.6) is 5.75 Å². The molecule has 1 aliphatic heterocycles. The highest BCUT2D eigenvalue weighted by Gasteiger charge is 2.16. The maximum Gasteiger partial charge on any atom is 0.240 e. The lowest BCUT2D eigenvalue weighted by Gasteiger charge is -2.26. The summed E-state index contributed by atoms with van der Waals surface area (Å²) in [5.41, 5.74) is 0. The molecule has 2 aromatic carbocycles. The highest BCUT2D eigenvalue weighted by molar-refractivity contribution is 7.89. The van der Waals surface area contributed by atoms with Gasteiger partial charge in [-0.15, -0.1) is 0 Å². The number of morpholine rings is 1. The van der Waals surface area contributed by atoms with E-state index in [1.807, 2.05) is 31.2 Å². The van der Waals surface area contributed by atoms with Gasteiger partial charge in [0.2, 0.25) is 10.0 Å². The SMILES string of the molecule is CCOc1ccc2cc(S(=O)(=O)NCCN3CCOCC3)ccc2c1. The monoisotopic (exact) mass is 364 g/mol. The second-order valence-corrected chi connectivity index (χ2v) is 7.72. The Kier molecular flexibility index (Phi) is 5.90. The van der Waals surface area contributed by atoms with Gasteiger partial charge in [0.15, 0.2) is 0 Å². The van der Waals surface area contributed by atoms with Crippen LogP contribution in [0.2, 0.25) is 0 Å². The van der Waals surface area contributed by atoms with Gasteiger partial charge in [-0.3, -0.25) is 4.90 Å². The lowest BCUT2D eigenvalue weighted by molar-refractivity contribution is 0.0390. The van der Waals surface area contributed by atoms with Gasteiger partial charge in [0.1, 0.15) is 5.75 Å². The number of hydrogen-bond donors (Lipinski definition) is 1. The maximum absolute atomic E-state index is 12.5. The van der Waals surface area contributed by atoms with E-state index in [4.69, 9.17) is 9.47 Å². The molecule has 0 bridgehead atoms. The number of nitrogens with one attached hydrogen (secondary N) is 1. The second-order valence-electron chi connectivity index (χ2n) is 5.96. The first-order chi connectivity index (χ1) is 12.1. The Hall–Kier alpha value is -1.67. The van der Waals surface area contributed by atoms with Crippen LogP contribution in [0.4, 0.5) is 0 Å². The largest absolute Gasteiger partial charge is 0.494 e.